The largest absolute Gasteiger partial charge is 0.418 e. The number of alkyl halides is 6. The molecule has 3 aromatic rings. The second-order valence-corrected chi connectivity index (χ2v) is 6.86. The van der Waals surface area contributed by atoms with Gasteiger partial charge in [-0.25, -0.2) is 0 Å². The van der Waals surface area contributed by atoms with Crippen molar-refractivity contribution in [3.05, 3.63) is 64.5 Å². The highest BCUT2D eigenvalue weighted by atomic mass is 19.4. The number of benzene rings is 2. The topological polar surface area (TPSA) is 66.0 Å². The maximum Gasteiger partial charge on any atom is 0.418 e. The minimum atomic E-state index is -4.67. The third-order valence-electron chi connectivity index (χ3n) is 4.90. The smallest absolute Gasteiger partial charge is 0.363 e. The summed E-state index contributed by atoms with van der Waals surface area (Å²) in [6.45, 7) is 0.236. The van der Waals surface area contributed by atoms with Crippen molar-refractivity contribution in [3.63, 3.8) is 0 Å². The van der Waals surface area contributed by atoms with E-state index in [1.54, 1.807) is 11.0 Å². The number of fused-ring (bicyclic) bond motifs is 1. The zero-order valence-electron chi connectivity index (χ0n) is 15.6. The third kappa shape index (κ3) is 3.93. The highest BCUT2D eigenvalue weighted by Gasteiger charge is 2.39. The molecule has 0 N–H and O–H groups in total. The fourth-order valence-electron chi connectivity index (χ4n) is 3.57. The number of hydrogen-bond acceptors (Lipinski definition) is 5. The van der Waals surface area contributed by atoms with Gasteiger partial charge in [0.05, 0.1) is 29.3 Å². The van der Waals surface area contributed by atoms with Crippen molar-refractivity contribution >= 4 is 5.69 Å². The Kier molecular flexibility index (Phi) is 4.88. The molecule has 1 aliphatic heterocycles. The zero-order valence-corrected chi connectivity index (χ0v) is 15.6. The molecule has 0 saturated heterocycles. The van der Waals surface area contributed by atoms with Crippen LogP contribution in [0.1, 0.15) is 28.1 Å². The lowest BCUT2D eigenvalue weighted by Crippen LogP contribution is -2.20. The van der Waals surface area contributed by atoms with Gasteiger partial charge in [0.2, 0.25) is 0 Å². The van der Waals surface area contributed by atoms with Crippen molar-refractivity contribution in [2.75, 3.05) is 11.4 Å². The molecular formula is C20H12F6N4O. The van der Waals surface area contributed by atoms with E-state index < -0.39 is 29.0 Å². The average molecular weight is 438 g/mol. The van der Waals surface area contributed by atoms with Crippen molar-refractivity contribution in [2.24, 2.45) is 0 Å². The standard InChI is InChI=1S/C20H12F6N4O/c21-19(22,23)13-3-1-2-11(8-13)18-28-16(29-31-18)10-30-7-6-14-15(30)5-4-12(9-27)17(14)20(24,25)26/h1-5,8H,6-7,10H2. The molecule has 0 radical (unpaired) electrons. The first-order valence-electron chi connectivity index (χ1n) is 8.96. The molecule has 0 spiro atoms. The first kappa shape index (κ1) is 20.7. The van der Waals surface area contributed by atoms with Crippen LogP contribution in [0, 0.1) is 11.3 Å². The van der Waals surface area contributed by atoms with E-state index in [0.29, 0.717) is 5.69 Å². The Morgan fingerprint density at radius 2 is 1.84 bits per heavy atom. The van der Waals surface area contributed by atoms with E-state index in [1.165, 1.54) is 18.2 Å². The Hall–Kier alpha value is -3.55. The number of nitrogens with zero attached hydrogens (tertiary/aromatic N) is 4. The van der Waals surface area contributed by atoms with Crippen LogP contribution < -0.4 is 4.90 Å². The van der Waals surface area contributed by atoms with E-state index in [0.717, 1.165) is 18.2 Å². The Labute approximate surface area is 171 Å². The van der Waals surface area contributed by atoms with Crippen LogP contribution in [-0.2, 0) is 25.3 Å². The number of aromatic nitrogens is 2. The highest BCUT2D eigenvalue weighted by Crippen LogP contribution is 2.42. The first-order chi connectivity index (χ1) is 14.6. The predicted molar refractivity (Wildman–Crippen MR) is 95.6 cm³/mol. The third-order valence-corrected chi connectivity index (χ3v) is 4.90. The summed E-state index contributed by atoms with van der Waals surface area (Å²) < 4.78 is 84.1. The van der Waals surface area contributed by atoms with Gasteiger partial charge in [0.15, 0.2) is 5.82 Å². The van der Waals surface area contributed by atoms with E-state index in [-0.39, 0.29) is 42.4 Å². The number of anilines is 1. The first-order valence-corrected chi connectivity index (χ1v) is 8.96. The summed E-state index contributed by atoms with van der Waals surface area (Å²) in [6, 6.07) is 8.51. The molecule has 160 valence electrons. The summed E-state index contributed by atoms with van der Waals surface area (Å²) in [6.07, 6.45) is -9.12. The van der Waals surface area contributed by atoms with Crippen molar-refractivity contribution in [3.8, 4) is 17.5 Å². The molecule has 0 saturated carbocycles. The van der Waals surface area contributed by atoms with Gasteiger partial charge in [0.1, 0.15) is 0 Å². The minimum Gasteiger partial charge on any atom is -0.363 e. The van der Waals surface area contributed by atoms with Gasteiger partial charge in [-0.15, -0.1) is 0 Å². The number of halogens is 6. The molecule has 1 aliphatic rings. The molecule has 4 rings (SSSR count). The van der Waals surface area contributed by atoms with Crippen LogP contribution in [0.15, 0.2) is 40.9 Å². The van der Waals surface area contributed by atoms with Gasteiger partial charge in [-0.1, -0.05) is 11.2 Å². The van der Waals surface area contributed by atoms with Gasteiger partial charge in [-0.2, -0.15) is 36.6 Å². The van der Waals surface area contributed by atoms with Crippen molar-refractivity contribution < 1.29 is 30.9 Å². The van der Waals surface area contributed by atoms with Crippen LogP contribution >= 0.6 is 0 Å². The monoisotopic (exact) mass is 438 g/mol. The fraction of sp³-hybridized carbons (Fsp3) is 0.250. The zero-order chi connectivity index (χ0) is 22.4. The quantitative estimate of drug-likeness (QED) is 0.526. The maximum absolute atomic E-state index is 13.5. The number of hydrogen-bond donors (Lipinski definition) is 0. The molecule has 1 aromatic heterocycles. The van der Waals surface area contributed by atoms with Crippen molar-refractivity contribution in [1.29, 1.82) is 5.26 Å². The van der Waals surface area contributed by atoms with Gasteiger partial charge in [-0.3, -0.25) is 0 Å². The SMILES string of the molecule is N#Cc1ccc2c(c1C(F)(F)F)CCN2Cc1noc(-c2cccc(C(F)(F)F)c2)n1. The van der Waals surface area contributed by atoms with Gasteiger partial charge in [0, 0.05) is 17.8 Å². The van der Waals surface area contributed by atoms with Gasteiger partial charge < -0.3 is 9.42 Å². The summed E-state index contributed by atoms with van der Waals surface area (Å²) in [7, 11) is 0. The molecule has 0 amide bonds. The van der Waals surface area contributed by atoms with E-state index in [9.17, 15) is 26.3 Å². The van der Waals surface area contributed by atoms with E-state index in [2.05, 4.69) is 10.1 Å². The molecule has 0 bridgehead atoms. The molecule has 11 heteroatoms. The molecular weight excluding hydrogens is 426 g/mol. The Bertz CT molecular complexity index is 1180. The van der Waals surface area contributed by atoms with Crippen molar-refractivity contribution in [1.82, 2.24) is 10.1 Å². The van der Waals surface area contributed by atoms with Crippen LogP contribution in [0.25, 0.3) is 11.5 Å². The second-order valence-electron chi connectivity index (χ2n) is 6.86. The number of nitriles is 1. The van der Waals surface area contributed by atoms with E-state index in [1.807, 2.05) is 0 Å². The van der Waals surface area contributed by atoms with E-state index in [4.69, 9.17) is 9.78 Å². The van der Waals surface area contributed by atoms with Crippen LogP contribution in [0.2, 0.25) is 0 Å². The molecule has 0 fully saturated rings. The lowest BCUT2D eigenvalue weighted by molar-refractivity contribution is -0.138. The molecule has 0 unspecified atom stereocenters. The molecule has 2 heterocycles. The Balaban J connectivity index is 1.60. The lowest BCUT2D eigenvalue weighted by atomic mass is 9.99. The highest BCUT2D eigenvalue weighted by molar-refractivity contribution is 5.65. The van der Waals surface area contributed by atoms with E-state index >= 15 is 0 Å². The van der Waals surface area contributed by atoms with Crippen LogP contribution in [-0.4, -0.2) is 16.7 Å². The molecule has 2 aromatic carbocycles. The Morgan fingerprint density at radius 1 is 1.06 bits per heavy atom. The molecule has 0 aliphatic carbocycles. The minimum absolute atomic E-state index is 0.00133. The van der Waals surface area contributed by atoms with Gasteiger partial charge >= 0.3 is 12.4 Å². The van der Waals surface area contributed by atoms with Crippen LogP contribution in [0.3, 0.4) is 0 Å². The second kappa shape index (κ2) is 7.30. The normalized spacial score (nSPS) is 13.9. The van der Waals surface area contributed by atoms with Crippen molar-refractivity contribution in [2.45, 2.75) is 25.3 Å². The summed E-state index contributed by atoms with van der Waals surface area (Å²) >= 11 is 0. The van der Waals surface area contributed by atoms with Gasteiger partial charge in [0.25, 0.3) is 5.89 Å². The number of rotatable bonds is 3. The summed E-state index contributed by atoms with van der Waals surface area (Å²) in [4.78, 5) is 5.69. The van der Waals surface area contributed by atoms with Crippen LogP contribution in [0.4, 0.5) is 32.0 Å². The molecule has 5 nitrogen and oxygen atoms in total. The lowest BCUT2D eigenvalue weighted by Gasteiger charge is -2.19. The molecule has 0 atom stereocenters. The Morgan fingerprint density at radius 3 is 2.52 bits per heavy atom. The molecule has 31 heavy (non-hydrogen) atoms. The summed E-state index contributed by atoms with van der Waals surface area (Å²) in [5.41, 5.74) is -1.86. The predicted octanol–water partition coefficient (Wildman–Crippen LogP) is 5.21. The van der Waals surface area contributed by atoms with Gasteiger partial charge in [-0.05, 0) is 42.3 Å². The average Bonchev–Trinajstić information content (AvgIpc) is 3.33. The summed E-state index contributed by atoms with van der Waals surface area (Å²) in [5, 5.41) is 12.8. The summed E-state index contributed by atoms with van der Waals surface area (Å²) in [5.74, 6) is -0.0190. The fourth-order valence-corrected chi connectivity index (χ4v) is 3.57. The van der Waals surface area contributed by atoms with Crippen LogP contribution in [0.5, 0.6) is 0 Å². The maximum atomic E-state index is 13.5.